The molecule has 0 saturated heterocycles. The van der Waals surface area contributed by atoms with E-state index in [1.165, 1.54) is 24.8 Å². The smallest absolute Gasteiger partial charge is 0.163 e. The maximum absolute atomic E-state index is 13.6. The molecule has 1 aromatic carbocycles. The number of hydrogen-bond acceptors (Lipinski definition) is 3. The molecular weight excluding hydrogens is 334 g/mol. The summed E-state index contributed by atoms with van der Waals surface area (Å²) in [6.45, 7) is 4.42. The fourth-order valence-corrected chi connectivity index (χ4v) is 6.89. The van der Waals surface area contributed by atoms with Gasteiger partial charge in [-0.3, -0.25) is 4.79 Å². The summed E-state index contributed by atoms with van der Waals surface area (Å²) in [4.78, 5) is 13.6. The molecule has 1 heterocycles. The van der Waals surface area contributed by atoms with Gasteiger partial charge in [0.2, 0.25) is 0 Å². The highest BCUT2D eigenvalue weighted by atomic mass is 16.3. The van der Waals surface area contributed by atoms with Gasteiger partial charge in [-0.1, -0.05) is 12.1 Å². The van der Waals surface area contributed by atoms with Crippen LogP contribution in [0, 0.1) is 23.2 Å². The number of allylic oxidation sites excluding steroid dienone is 1. The summed E-state index contributed by atoms with van der Waals surface area (Å²) in [5.41, 5.74) is 4.06. The molecule has 0 spiro atoms. The maximum atomic E-state index is 13.6. The molecule has 0 unspecified atom stereocenters. The van der Waals surface area contributed by atoms with Crippen LogP contribution in [-0.4, -0.2) is 16.4 Å². The molecule has 1 aromatic rings. The van der Waals surface area contributed by atoms with Crippen LogP contribution in [-0.2, 0) is 17.8 Å². The molecule has 0 amide bonds. The second-order valence-electron chi connectivity index (χ2n) is 10.5. The first kappa shape index (κ1) is 17.5. The number of fused-ring (bicyclic) bond motifs is 1. The second kappa shape index (κ2) is 5.94. The van der Waals surface area contributed by atoms with Crippen LogP contribution in [0.2, 0.25) is 0 Å². The number of benzene rings is 1. The molecule has 4 fully saturated rings. The normalized spacial score (nSPS) is 37.1. The highest BCUT2D eigenvalue weighted by Gasteiger charge is 2.54. The summed E-state index contributed by atoms with van der Waals surface area (Å²) in [6.07, 6.45) is 10.2. The summed E-state index contributed by atoms with van der Waals surface area (Å²) in [5.74, 6) is 2.69. The number of aliphatic hydroxyl groups excluding tert-OH is 1. The zero-order valence-corrected chi connectivity index (χ0v) is 16.6. The Balaban J connectivity index is 1.52. The lowest BCUT2D eigenvalue weighted by molar-refractivity contribution is -0.138. The summed E-state index contributed by atoms with van der Waals surface area (Å²) >= 11 is 0. The number of ketones is 1. The van der Waals surface area contributed by atoms with Crippen LogP contribution in [0.25, 0.3) is 5.70 Å². The fourth-order valence-electron chi connectivity index (χ4n) is 6.89. The van der Waals surface area contributed by atoms with Crippen molar-refractivity contribution < 1.29 is 9.90 Å². The Morgan fingerprint density at radius 3 is 2.37 bits per heavy atom. The predicted molar refractivity (Wildman–Crippen MR) is 107 cm³/mol. The molecule has 0 radical (unpaired) electrons. The Kier molecular flexibility index (Phi) is 3.85. The zero-order valence-electron chi connectivity index (χ0n) is 16.6. The Labute approximate surface area is 162 Å². The summed E-state index contributed by atoms with van der Waals surface area (Å²) in [6, 6.07) is 6.17. The third-order valence-corrected chi connectivity index (χ3v) is 7.59. The predicted octanol–water partition coefficient (Wildman–Crippen LogP) is 4.23. The van der Waals surface area contributed by atoms with Gasteiger partial charge in [0.1, 0.15) is 0 Å². The average Bonchev–Trinajstić information content (AvgIpc) is 2.59. The minimum Gasteiger partial charge on any atom is -0.392 e. The van der Waals surface area contributed by atoms with Gasteiger partial charge in [0.15, 0.2) is 5.78 Å². The Morgan fingerprint density at radius 2 is 1.78 bits per heavy atom. The SMILES string of the molecule is CC1(C)Cc2ccc(CO)cc2/C(=C\C(=O)C23CC4CC(CC(C4)C2)C3)N1. The topological polar surface area (TPSA) is 49.3 Å². The van der Waals surface area contributed by atoms with Crippen molar-refractivity contribution in [2.24, 2.45) is 23.2 Å². The molecule has 144 valence electrons. The van der Waals surface area contributed by atoms with Crippen LogP contribution in [0.4, 0.5) is 0 Å². The van der Waals surface area contributed by atoms with Gasteiger partial charge in [-0.15, -0.1) is 0 Å². The first-order valence-corrected chi connectivity index (χ1v) is 10.6. The monoisotopic (exact) mass is 365 g/mol. The van der Waals surface area contributed by atoms with E-state index in [1.54, 1.807) is 0 Å². The molecule has 3 heteroatoms. The summed E-state index contributed by atoms with van der Waals surface area (Å²) in [5, 5.41) is 13.2. The maximum Gasteiger partial charge on any atom is 0.163 e. The van der Waals surface area contributed by atoms with Crippen LogP contribution >= 0.6 is 0 Å². The van der Waals surface area contributed by atoms with Crippen molar-refractivity contribution in [1.82, 2.24) is 5.32 Å². The molecule has 5 aliphatic rings. The lowest BCUT2D eigenvalue weighted by atomic mass is 9.48. The molecule has 4 bridgehead atoms. The van der Waals surface area contributed by atoms with Crippen molar-refractivity contribution in [2.75, 3.05) is 0 Å². The van der Waals surface area contributed by atoms with E-state index in [0.29, 0.717) is 5.78 Å². The van der Waals surface area contributed by atoms with E-state index in [9.17, 15) is 9.90 Å². The molecule has 1 aliphatic heterocycles. The van der Waals surface area contributed by atoms with E-state index in [-0.39, 0.29) is 17.6 Å². The van der Waals surface area contributed by atoms with Crippen molar-refractivity contribution in [1.29, 1.82) is 0 Å². The first-order valence-electron chi connectivity index (χ1n) is 10.6. The van der Waals surface area contributed by atoms with E-state index < -0.39 is 0 Å². The molecule has 4 saturated carbocycles. The molecular formula is C24H31NO2. The highest BCUT2D eigenvalue weighted by molar-refractivity contribution is 6.01. The molecule has 6 rings (SSSR count). The quantitative estimate of drug-likeness (QED) is 0.788. The number of nitrogens with one attached hydrogen (secondary N) is 1. The number of rotatable bonds is 3. The van der Waals surface area contributed by atoms with Gasteiger partial charge in [-0.2, -0.15) is 0 Å². The Morgan fingerprint density at radius 1 is 1.15 bits per heavy atom. The molecule has 4 aliphatic carbocycles. The van der Waals surface area contributed by atoms with Gasteiger partial charge in [-0.25, -0.2) is 0 Å². The molecule has 27 heavy (non-hydrogen) atoms. The van der Waals surface area contributed by atoms with Gasteiger partial charge in [0.05, 0.1) is 6.61 Å². The van der Waals surface area contributed by atoms with Gasteiger partial charge in [0.25, 0.3) is 0 Å². The summed E-state index contributed by atoms with van der Waals surface area (Å²) in [7, 11) is 0. The van der Waals surface area contributed by atoms with Gasteiger partial charge in [-0.05, 0) is 93.7 Å². The first-order chi connectivity index (χ1) is 12.9. The highest BCUT2D eigenvalue weighted by Crippen LogP contribution is 2.60. The molecule has 3 nitrogen and oxygen atoms in total. The third-order valence-electron chi connectivity index (χ3n) is 7.59. The van der Waals surface area contributed by atoms with Crippen molar-refractivity contribution in [3.63, 3.8) is 0 Å². The number of carbonyl (C=O) groups excluding carboxylic acids is 1. The summed E-state index contributed by atoms with van der Waals surface area (Å²) < 4.78 is 0. The van der Waals surface area contributed by atoms with Crippen molar-refractivity contribution in [2.45, 2.75) is 70.9 Å². The van der Waals surface area contributed by atoms with Crippen LogP contribution in [0.5, 0.6) is 0 Å². The largest absolute Gasteiger partial charge is 0.392 e. The van der Waals surface area contributed by atoms with E-state index in [4.69, 9.17) is 0 Å². The van der Waals surface area contributed by atoms with E-state index >= 15 is 0 Å². The van der Waals surface area contributed by atoms with E-state index in [0.717, 1.165) is 60.3 Å². The van der Waals surface area contributed by atoms with Gasteiger partial charge >= 0.3 is 0 Å². The second-order valence-corrected chi connectivity index (χ2v) is 10.5. The van der Waals surface area contributed by atoms with E-state index in [2.05, 4.69) is 31.3 Å². The lowest BCUT2D eigenvalue weighted by Gasteiger charge is -2.55. The average molecular weight is 366 g/mol. The van der Waals surface area contributed by atoms with Crippen molar-refractivity contribution in [3.8, 4) is 0 Å². The lowest BCUT2D eigenvalue weighted by Crippen LogP contribution is -2.50. The van der Waals surface area contributed by atoms with E-state index in [1.807, 2.05) is 12.1 Å². The third kappa shape index (κ3) is 2.95. The Hall–Kier alpha value is -1.61. The molecule has 2 N–H and O–H groups in total. The number of carbonyl (C=O) groups is 1. The Bertz CT molecular complexity index is 784. The van der Waals surface area contributed by atoms with Crippen LogP contribution in [0.3, 0.4) is 0 Å². The number of hydrogen-bond donors (Lipinski definition) is 2. The fraction of sp³-hybridized carbons (Fsp3) is 0.625. The number of aliphatic hydroxyl groups is 1. The van der Waals surface area contributed by atoms with Crippen LogP contribution < -0.4 is 5.32 Å². The standard InChI is InChI=1S/C24H31NO2/c1-23(2)13-19-4-3-15(14-26)8-20(19)21(25-23)9-22(27)24-10-16-5-17(11-24)7-18(6-16)12-24/h3-4,8-9,16-18,25-26H,5-7,10-14H2,1-2H3/b21-9+. The van der Waals surface area contributed by atoms with Crippen LogP contribution in [0.1, 0.15) is 69.1 Å². The zero-order chi connectivity index (χ0) is 18.8. The van der Waals surface area contributed by atoms with Crippen LogP contribution in [0.15, 0.2) is 24.3 Å². The van der Waals surface area contributed by atoms with Gasteiger partial charge < -0.3 is 10.4 Å². The molecule has 0 aromatic heterocycles. The molecule has 0 atom stereocenters. The minimum absolute atomic E-state index is 0.0346. The van der Waals surface area contributed by atoms with Crippen molar-refractivity contribution in [3.05, 3.63) is 41.0 Å². The van der Waals surface area contributed by atoms with Crippen molar-refractivity contribution >= 4 is 11.5 Å². The van der Waals surface area contributed by atoms with Gasteiger partial charge in [0, 0.05) is 28.3 Å². The minimum atomic E-state index is -0.0974.